The summed E-state index contributed by atoms with van der Waals surface area (Å²) in [6, 6.07) is 31.7. The first-order chi connectivity index (χ1) is 13.7. The first-order valence-corrected chi connectivity index (χ1v) is 11.6. The second-order valence-electron chi connectivity index (χ2n) is 6.80. The van der Waals surface area contributed by atoms with E-state index in [4.69, 9.17) is 5.73 Å². The molecule has 1 heterocycles. The minimum atomic E-state index is -3.07. The largest absolute Gasteiger partial charge is 0.399 e. The maximum absolute atomic E-state index is 14.8. The van der Waals surface area contributed by atoms with Gasteiger partial charge in [-0.1, -0.05) is 78.9 Å². The number of nitrogens with two attached hydrogens (primary N) is 1. The van der Waals surface area contributed by atoms with Crippen LogP contribution in [0.25, 0.3) is 20.2 Å². The fraction of sp³-hybridized carbons (Fsp3) is 0. The molecule has 0 bridgehead atoms. The lowest BCUT2D eigenvalue weighted by Gasteiger charge is -2.21. The molecule has 0 saturated carbocycles. The predicted octanol–water partition coefficient (Wildman–Crippen LogP) is 5.28. The molecule has 5 aromatic rings. The Hall–Kier alpha value is -2.87. The molecular formula is C24H18NOPS. The Bertz CT molecular complexity index is 1300. The van der Waals surface area contributed by atoms with E-state index < -0.39 is 7.14 Å². The number of thiophene rings is 1. The minimum absolute atomic E-state index is 0.637. The summed E-state index contributed by atoms with van der Waals surface area (Å²) in [7, 11) is -3.07. The lowest BCUT2D eigenvalue weighted by Crippen LogP contribution is -2.25. The van der Waals surface area contributed by atoms with Crippen LogP contribution >= 0.6 is 18.5 Å². The molecule has 136 valence electrons. The van der Waals surface area contributed by atoms with Gasteiger partial charge >= 0.3 is 0 Å². The Morgan fingerprint density at radius 3 is 1.89 bits per heavy atom. The van der Waals surface area contributed by atoms with Gasteiger partial charge in [0.05, 0.1) is 0 Å². The standard InChI is InChI=1S/C24H18NOPS/c25-17-15-21-20-13-7-8-14-23(20)28-24(21)22(16-17)27(26,18-9-3-1-4-10-18)19-11-5-2-6-12-19/h1-16H,25H2. The van der Waals surface area contributed by atoms with Crippen LogP contribution < -0.4 is 21.6 Å². The van der Waals surface area contributed by atoms with Crippen LogP contribution in [-0.4, -0.2) is 0 Å². The third kappa shape index (κ3) is 2.59. The summed E-state index contributed by atoms with van der Waals surface area (Å²) >= 11 is 1.69. The fourth-order valence-corrected chi connectivity index (χ4v) is 8.16. The molecule has 0 fully saturated rings. The van der Waals surface area contributed by atoms with Gasteiger partial charge in [-0.3, -0.25) is 0 Å². The highest BCUT2D eigenvalue weighted by atomic mass is 32.1. The topological polar surface area (TPSA) is 43.1 Å². The van der Waals surface area contributed by atoms with Gasteiger partial charge in [0.25, 0.3) is 0 Å². The van der Waals surface area contributed by atoms with Crippen molar-refractivity contribution in [2.75, 3.05) is 5.73 Å². The molecular weight excluding hydrogens is 381 g/mol. The van der Waals surface area contributed by atoms with E-state index in [1.54, 1.807) is 11.3 Å². The lowest BCUT2D eigenvalue weighted by molar-refractivity contribution is 0.592. The summed E-state index contributed by atoms with van der Waals surface area (Å²) in [5, 5.41) is 4.70. The molecule has 2 nitrogen and oxygen atoms in total. The van der Waals surface area contributed by atoms with E-state index in [-0.39, 0.29) is 0 Å². The van der Waals surface area contributed by atoms with Crippen LogP contribution in [0.4, 0.5) is 5.69 Å². The van der Waals surface area contributed by atoms with E-state index in [9.17, 15) is 4.57 Å². The predicted molar refractivity (Wildman–Crippen MR) is 123 cm³/mol. The van der Waals surface area contributed by atoms with Crippen molar-refractivity contribution in [2.24, 2.45) is 0 Å². The van der Waals surface area contributed by atoms with Crippen molar-refractivity contribution < 1.29 is 4.57 Å². The molecule has 0 radical (unpaired) electrons. The molecule has 2 N–H and O–H groups in total. The third-order valence-electron chi connectivity index (χ3n) is 5.06. The first-order valence-electron chi connectivity index (χ1n) is 9.10. The van der Waals surface area contributed by atoms with Gasteiger partial charge in [-0.2, -0.15) is 0 Å². The lowest BCUT2D eigenvalue weighted by atomic mass is 10.1. The average Bonchev–Trinajstić information content (AvgIpc) is 3.12. The molecule has 0 unspecified atom stereocenters. The summed E-state index contributed by atoms with van der Waals surface area (Å²) in [4.78, 5) is 0. The van der Waals surface area contributed by atoms with E-state index >= 15 is 0 Å². The minimum Gasteiger partial charge on any atom is -0.399 e. The molecule has 0 aliphatic carbocycles. The number of hydrogen-bond acceptors (Lipinski definition) is 3. The zero-order chi connectivity index (χ0) is 19.1. The summed E-state index contributed by atoms with van der Waals surface area (Å²) < 4.78 is 17.0. The van der Waals surface area contributed by atoms with Gasteiger partial charge in [0.15, 0.2) is 7.14 Å². The number of fused-ring (bicyclic) bond motifs is 3. The second kappa shape index (κ2) is 6.63. The first kappa shape index (κ1) is 17.2. The smallest absolute Gasteiger partial charge is 0.172 e. The Morgan fingerprint density at radius 1 is 0.679 bits per heavy atom. The van der Waals surface area contributed by atoms with Crippen LogP contribution in [-0.2, 0) is 4.57 Å². The van der Waals surface area contributed by atoms with Gasteiger partial charge in [0.1, 0.15) is 0 Å². The Kier molecular flexibility index (Phi) is 4.08. The van der Waals surface area contributed by atoms with Crippen molar-refractivity contribution in [3.8, 4) is 0 Å². The average molecular weight is 399 g/mol. The summed E-state index contributed by atoms with van der Waals surface area (Å²) in [6.45, 7) is 0. The number of anilines is 1. The van der Waals surface area contributed by atoms with Crippen LogP contribution in [0.1, 0.15) is 0 Å². The molecule has 5 rings (SSSR count). The second-order valence-corrected chi connectivity index (χ2v) is 10.6. The van der Waals surface area contributed by atoms with Gasteiger partial charge in [0, 0.05) is 41.8 Å². The maximum Gasteiger partial charge on any atom is 0.172 e. The highest BCUT2D eigenvalue weighted by molar-refractivity contribution is 7.86. The Labute approximate surface area is 167 Å². The summed E-state index contributed by atoms with van der Waals surface area (Å²) in [5.74, 6) is 0. The number of benzene rings is 4. The highest BCUT2D eigenvalue weighted by Gasteiger charge is 2.32. The van der Waals surface area contributed by atoms with E-state index in [2.05, 4.69) is 12.1 Å². The molecule has 0 aliphatic rings. The normalized spacial score (nSPS) is 11.9. The summed E-state index contributed by atoms with van der Waals surface area (Å²) in [5.41, 5.74) is 6.95. The molecule has 4 aromatic carbocycles. The van der Waals surface area contributed by atoms with Crippen molar-refractivity contribution in [1.29, 1.82) is 0 Å². The molecule has 28 heavy (non-hydrogen) atoms. The zero-order valence-electron chi connectivity index (χ0n) is 15.1. The Morgan fingerprint density at radius 2 is 1.25 bits per heavy atom. The van der Waals surface area contributed by atoms with E-state index in [0.29, 0.717) is 5.69 Å². The van der Waals surface area contributed by atoms with Gasteiger partial charge in [0.2, 0.25) is 0 Å². The molecule has 4 heteroatoms. The van der Waals surface area contributed by atoms with Crippen LogP contribution in [0.15, 0.2) is 97.1 Å². The number of hydrogen-bond donors (Lipinski definition) is 1. The van der Waals surface area contributed by atoms with Gasteiger partial charge in [-0.25, -0.2) is 0 Å². The summed E-state index contributed by atoms with van der Waals surface area (Å²) in [6.07, 6.45) is 0. The van der Waals surface area contributed by atoms with Crippen molar-refractivity contribution in [3.63, 3.8) is 0 Å². The number of rotatable bonds is 3. The maximum atomic E-state index is 14.8. The zero-order valence-corrected chi connectivity index (χ0v) is 16.8. The molecule has 1 aromatic heterocycles. The Balaban J connectivity index is 1.93. The number of nitrogen functional groups attached to an aromatic ring is 1. The molecule has 0 atom stereocenters. The van der Waals surface area contributed by atoms with E-state index in [1.807, 2.05) is 84.9 Å². The molecule has 0 saturated heterocycles. The van der Waals surface area contributed by atoms with Gasteiger partial charge in [-0.05, 0) is 18.2 Å². The molecule has 0 spiro atoms. The van der Waals surface area contributed by atoms with Crippen molar-refractivity contribution in [1.82, 2.24) is 0 Å². The van der Waals surface area contributed by atoms with Crippen LogP contribution in [0.5, 0.6) is 0 Å². The van der Waals surface area contributed by atoms with Crippen molar-refractivity contribution in [3.05, 3.63) is 97.1 Å². The van der Waals surface area contributed by atoms with Gasteiger partial charge in [-0.15, -0.1) is 11.3 Å². The van der Waals surface area contributed by atoms with Gasteiger partial charge < -0.3 is 10.3 Å². The highest BCUT2D eigenvalue weighted by Crippen LogP contribution is 2.47. The monoisotopic (exact) mass is 399 g/mol. The third-order valence-corrected chi connectivity index (χ3v) is 9.51. The molecule has 0 aliphatic heterocycles. The van der Waals surface area contributed by atoms with Crippen molar-refractivity contribution in [2.45, 2.75) is 0 Å². The quantitative estimate of drug-likeness (QED) is 0.331. The van der Waals surface area contributed by atoms with E-state index in [1.165, 1.54) is 4.70 Å². The van der Waals surface area contributed by atoms with Crippen LogP contribution in [0.2, 0.25) is 0 Å². The van der Waals surface area contributed by atoms with E-state index in [0.717, 1.165) is 31.4 Å². The fourth-order valence-electron chi connectivity index (χ4n) is 3.77. The SMILES string of the molecule is Nc1cc(P(=O)(c2ccccc2)c2ccccc2)c2sc3ccccc3c2c1. The van der Waals surface area contributed by atoms with Crippen LogP contribution in [0, 0.1) is 0 Å². The van der Waals surface area contributed by atoms with Crippen molar-refractivity contribution >= 4 is 60.3 Å². The van der Waals surface area contributed by atoms with Crippen LogP contribution in [0.3, 0.4) is 0 Å². The molecule has 0 amide bonds.